The average Bonchev–Trinajstić information content (AvgIpc) is 2.31. The molecule has 60 valence electrons. The summed E-state index contributed by atoms with van der Waals surface area (Å²) in [6.07, 6.45) is 5.56. The van der Waals surface area contributed by atoms with Crippen molar-refractivity contribution in [2.45, 2.75) is 32.4 Å². The number of nitrogens with two attached hydrogens (primary N) is 1. The van der Waals surface area contributed by atoms with Crippen molar-refractivity contribution in [3.8, 4) is 0 Å². The van der Waals surface area contributed by atoms with Crippen LogP contribution in [-0.2, 0) is 6.42 Å². The molecular weight excluding hydrogens is 138 g/mol. The minimum absolute atomic E-state index is 0.167. The lowest BCUT2D eigenvalue weighted by Gasteiger charge is -2.20. The first kappa shape index (κ1) is 6.85. The molecule has 0 aromatic carbocycles. The van der Waals surface area contributed by atoms with E-state index in [0.717, 1.165) is 24.4 Å². The summed E-state index contributed by atoms with van der Waals surface area (Å²) in [5.41, 5.74) is 6.96. The van der Waals surface area contributed by atoms with Gasteiger partial charge in [-0.05, 0) is 19.8 Å². The second-order valence-electron chi connectivity index (χ2n) is 3.17. The van der Waals surface area contributed by atoms with Gasteiger partial charge in [-0.15, -0.1) is 0 Å². The van der Waals surface area contributed by atoms with Gasteiger partial charge in [0.25, 0.3) is 0 Å². The lowest BCUT2D eigenvalue weighted by Crippen LogP contribution is -2.24. The Labute approximate surface area is 66.2 Å². The number of aryl methyl sites for hydroxylation is 2. The van der Waals surface area contributed by atoms with E-state index in [0.29, 0.717) is 0 Å². The molecule has 0 amide bonds. The molecule has 1 atom stereocenters. The van der Waals surface area contributed by atoms with Crippen LogP contribution >= 0.6 is 0 Å². The number of aromatic nitrogens is 2. The van der Waals surface area contributed by atoms with Crippen LogP contribution in [0, 0.1) is 6.92 Å². The van der Waals surface area contributed by atoms with Crippen molar-refractivity contribution < 1.29 is 0 Å². The molecule has 0 fully saturated rings. The number of hydrogen-bond donors (Lipinski definition) is 1. The van der Waals surface area contributed by atoms with Crippen molar-refractivity contribution >= 4 is 0 Å². The minimum atomic E-state index is 0.167. The smallest absolute Gasteiger partial charge is 0.110 e. The predicted octanol–water partition coefficient (Wildman–Crippen LogP) is 0.985. The van der Waals surface area contributed by atoms with Crippen molar-refractivity contribution in [3.05, 3.63) is 17.7 Å². The molecule has 11 heavy (non-hydrogen) atoms. The maximum atomic E-state index is 5.88. The van der Waals surface area contributed by atoms with Gasteiger partial charge in [-0.2, -0.15) is 0 Å². The fourth-order valence-electron chi connectivity index (χ4n) is 1.65. The summed E-state index contributed by atoms with van der Waals surface area (Å²) in [7, 11) is 0. The van der Waals surface area contributed by atoms with Gasteiger partial charge < -0.3 is 10.3 Å². The summed E-state index contributed by atoms with van der Waals surface area (Å²) >= 11 is 0. The Balaban J connectivity index is 2.43. The third-order valence-electron chi connectivity index (χ3n) is 2.19. The van der Waals surface area contributed by atoms with Crippen molar-refractivity contribution in [1.29, 1.82) is 0 Å². The van der Waals surface area contributed by atoms with Gasteiger partial charge in [0.15, 0.2) is 0 Å². The quantitative estimate of drug-likeness (QED) is 0.600. The van der Waals surface area contributed by atoms with Crippen LogP contribution in [0.3, 0.4) is 0 Å². The van der Waals surface area contributed by atoms with Crippen LogP contribution in [0.4, 0.5) is 0 Å². The zero-order chi connectivity index (χ0) is 7.84. The van der Waals surface area contributed by atoms with Gasteiger partial charge in [-0.1, -0.05) is 0 Å². The number of imidazole rings is 1. The highest BCUT2D eigenvalue weighted by Gasteiger charge is 2.16. The Kier molecular flexibility index (Phi) is 1.46. The maximum Gasteiger partial charge on any atom is 0.110 e. The number of rotatable bonds is 0. The Morgan fingerprint density at radius 1 is 1.73 bits per heavy atom. The molecule has 2 heterocycles. The van der Waals surface area contributed by atoms with Crippen LogP contribution in [0.1, 0.15) is 30.5 Å². The molecule has 1 unspecified atom stereocenters. The largest absolute Gasteiger partial charge is 0.319 e. The molecule has 3 nitrogen and oxygen atoms in total. The molecule has 0 saturated carbocycles. The van der Waals surface area contributed by atoms with E-state index in [2.05, 4.69) is 9.55 Å². The first-order valence-corrected chi connectivity index (χ1v) is 4.07. The fourth-order valence-corrected chi connectivity index (χ4v) is 1.65. The Morgan fingerprint density at radius 2 is 2.55 bits per heavy atom. The molecule has 0 aliphatic carbocycles. The first-order valence-electron chi connectivity index (χ1n) is 4.07. The topological polar surface area (TPSA) is 43.8 Å². The molecule has 1 aromatic rings. The van der Waals surface area contributed by atoms with E-state index in [4.69, 9.17) is 5.73 Å². The summed E-state index contributed by atoms with van der Waals surface area (Å²) in [4.78, 5) is 4.38. The number of fused-ring (bicyclic) bond motifs is 1. The van der Waals surface area contributed by atoms with Crippen LogP contribution < -0.4 is 5.73 Å². The zero-order valence-corrected chi connectivity index (χ0v) is 6.75. The van der Waals surface area contributed by atoms with Crippen molar-refractivity contribution in [1.82, 2.24) is 9.55 Å². The average molecular weight is 151 g/mol. The van der Waals surface area contributed by atoms with Gasteiger partial charge in [0.2, 0.25) is 0 Å². The van der Waals surface area contributed by atoms with Gasteiger partial charge in [0.05, 0.1) is 11.9 Å². The van der Waals surface area contributed by atoms with Gasteiger partial charge in [-0.3, -0.25) is 0 Å². The molecule has 0 saturated heterocycles. The van der Waals surface area contributed by atoms with Crippen LogP contribution in [0.5, 0.6) is 0 Å². The van der Waals surface area contributed by atoms with E-state index in [-0.39, 0.29) is 6.17 Å². The SMILES string of the molecule is Cc1cn2c(n1)CCCC2N. The summed E-state index contributed by atoms with van der Waals surface area (Å²) in [5.74, 6) is 1.15. The maximum absolute atomic E-state index is 5.88. The molecule has 1 aliphatic rings. The molecule has 1 aliphatic heterocycles. The Bertz CT molecular complexity index is 264. The van der Waals surface area contributed by atoms with Crippen molar-refractivity contribution in [3.63, 3.8) is 0 Å². The fraction of sp³-hybridized carbons (Fsp3) is 0.625. The molecule has 2 rings (SSSR count). The number of hydrogen-bond acceptors (Lipinski definition) is 2. The van der Waals surface area contributed by atoms with Gasteiger partial charge in [0.1, 0.15) is 5.82 Å². The van der Waals surface area contributed by atoms with E-state index in [9.17, 15) is 0 Å². The molecule has 0 radical (unpaired) electrons. The van der Waals surface area contributed by atoms with Crippen molar-refractivity contribution in [2.75, 3.05) is 0 Å². The second-order valence-corrected chi connectivity index (χ2v) is 3.17. The molecule has 0 bridgehead atoms. The molecule has 2 N–H and O–H groups in total. The second kappa shape index (κ2) is 2.34. The van der Waals surface area contributed by atoms with Gasteiger partial charge in [-0.25, -0.2) is 4.98 Å². The summed E-state index contributed by atoms with van der Waals surface area (Å²) < 4.78 is 2.10. The third kappa shape index (κ3) is 1.05. The van der Waals surface area contributed by atoms with Crippen LogP contribution in [0.2, 0.25) is 0 Å². The highest BCUT2D eigenvalue weighted by atomic mass is 15.2. The zero-order valence-electron chi connectivity index (χ0n) is 6.75. The molecule has 0 spiro atoms. The Hall–Kier alpha value is -0.830. The summed E-state index contributed by atoms with van der Waals surface area (Å²) in [6.45, 7) is 2.01. The predicted molar refractivity (Wildman–Crippen MR) is 43.1 cm³/mol. The highest BCUT2D eigenvalue weighted by Crippen LogP contribution is 2.20. The monoisotopic (exact) mass is 151 g/mol. The van der Waals surface area contributed by atoms with Gasteiger partial charge in [0, 0.05) is 12.6 Å². The highest BCUT2D eigenvalue weighted by molar-refractivity contribution is 5.05. The van der Waals surface area contributed by atoms with E-state index in [1.165, 1.54) is 6.42 Å². The van der Waals surface area contributed by atoms with Crippen molar-refractivity contribution in [2.24, 2.45) is 5.73 Å². The summed E-state index contributed by atoms with van der Waals surface area (Å²) in [5, 5.41) is 0. The normalized spacial score (nSPS) is 23.3. The van der Waals surface area contributed by atoms with Crippen LogP contribution in [0.15, 0.2) is 6.20 Å². The lowest BCUT2D eigenvalue weighted by atomic mass is 10.1. The van der Waals surface area contributed by atoms with E-state index >= 15 is 0 Å². The molecule has 1 aromatic heterocycles. The number of nitrogens with zero attached hydrogens (tertiary/aromatic N) is 2. The third-order valence-corrected chi connectivity index (χ3v) is 2.19. The standard InChI is InChI=1S/C8H13N3/c1-6-5-11-7(9)3-2-4-8(11)10-6/h5,7H,2-4,9H2,1H3. The van der Waals surface area contributed by atoms with Crippen LogP contribution in [-0.4, -0.2) is 9.55 Å². The van der Waals surface area contributed by atoms with Gasteiger partial charge >= 0.3 is 0 Å². The minimum Gasteiger partial charge on any atom is -0.319 e. The molecule has 3 heteroatoms. The lowest BCUT2D eigenvalue weighted by molar-refractivity contribution is 0.408. The Morgan fingerprint density at radius 3 is 3.27 bits per heavy atom. The van der Waals surface area contributed by atoms with E-state index in [1.54, 1.807) is 0 Å². The summed E-state index contributed by atoms with van der Waals surface area (Å²) in [6, 6.07) is 0. The first-order chi connectivity index (χ1) is 5.27. The van der Waals surface area contributed by atoms with E-state index < -0.39 is 0 Å². The van der Waals surface area contributed by atoms with Crippen LogP contribution in [0.25, 0.3) is 0 Å². The van der Waals surface area contributed by atoms with E-state index in [1.807, 2.05) is 13.1 Å². The molecular formula is C8H13N3.